The lowest BCUT2D eigenvalue weighted by atomic mass is 10.2. The number of nitrogens with two attached hydrogens (primary N) is 1. The Labute approximate surface area is 110 Å². The number of benzene rings is 1. The van der Waals surface area contributed by atoms with Gasteiger partial charge in [0.05, 0.1) is 6.61 Å². The summed E-state index contributed by atoms with van der Waals surface area (Å²) in [4.78, 5) is 4.04. The van der Waals surface area contributed by atoms with Gasteiger partial charge in [0.1, 0.15) is 12.1 Å². The summed E-state index contributed by atoms with van der Waals surface area (Å²) in [5, 5.41) is 7.44. The molecule has 1 aromatic heterocycles. The lowest BCUT2D eigenvalue weighted by Crippen LogP contribution is -2.04. The highest BCUT2D eigenvalue weighted by Gasteiger charge is 2.01. The first kappa shape index (κ1) is 12.9. The van der Waals surface area contributed by atoms with Gasteiger partial charge in [0, 0.05) is 17.9 Å². The molecule has 0 radical (unpaired) electrons. The van der Waals surface area contributed by atoms with Gasteiger partial charge in [-0.2, -0.15) is 5.10 Å². The van der Waals surface area contributed by atoms with E-state index < -0.39 is 0 Å². The zero-order valence-electron chi connectivity index (χ0n) is 10.0. The molecule has 2 rings (SSSR count). The van der Waals surface area contributed by atoms with Gasteiger partial charge in [0.2, 0.25) is 0 Å². The van der Waals surface area contributed by atoms with Gasteiger partial charge in [-0.05, 0) is 12.5 Å². The average Bonchev–Trinajstić information content (AvgIpc) is 2.92. The molecule has 0 spiro atoms. The van der Waals surface area contributed by atoms with E-state index in [0.717, 1.165) is 28.6 Å². The van der Waals surface area contributed by atoms with Gasteiger partial charge in [-0.15, -0.1) is 0 Å². The first-order chi connectivity index (χ1) is 8.90. The van der Waals surface area contributed by atoms with E-state index >= 15 is 0 Å². The first-order valence-electron chi connectivity index (χ1n) is 5.79. The summed E-state index contributed by atoms with van der Waals surface area (Å²) in [5.41, 5.74) is 6.68. The van der Waals surface area contributed by atoms with Gasteiger partial charge in [-0.3, -0.25) is 5.10 Å². The van der Waals surface area contributed by atoms with Crippen molar-refractivity contribution >= 4 is 11.8 Å². The second-order valence-electron chi connectivity index (χ2n) is 3.65. The molecule has 0 amide bonds. The first-order valence-corrected chi connectivity index (χ1v) is 6.77. The third-order valence-corrected chi connectivity index (χ3v) is 3.33. The molecule has 0 saturated heterocycles. The molecule has 0 bridgehead atoms. The predicted molar refractivity (Wildman–Crippen MR) is 71.6 cm³/mol. The van der Waals surface area contributed by atoms with Crippen LogP contribution >= 0.6 is 11.8 Å². The zero-order chi connectivity index (χ0) is 12.6. The molecule has 96 valence electrons. The van der Waals surface area contributed by atoms with Crippen LogP contribution in [0.25, 0.3) is 0 Å². The van der Waals surface area contributed by atoms with Crippen LogP contribution in [-0.2, 0) is 6.54 Å². The van der Waals surface area contributed by atoms with Crippen LogP contribution in [-0.4, -0.2) is 27.5 Å². The topological polar surface area (TPSA) is 76.8 Å². The molecule has 6 heteroatoms. The van der Waals surface area contributed by atoms with E-state index in [2.05, 4.69) is 15.2 Å². The second kappa shape index (κ2) is 7.03. The largest absolute Gasteiger partial charge is 0.493 e. The van der Waals surface area contributed by atoms with E-state index in [1.165, 1.54) is 6.33 Å². The molecule has 1 aromatic carbocycles. The molecule has 18 heavy (non-hydrogen) atoms. The Morgan fingerprint density at radius 2 is 2.22 bits per heavy atom. The van der Waals surface area contributed by atoms with E-state index in [0.29, 0.717) is 13.2 Å². The minimum atomic E-state index is 0.503. The fraction of sp³-hybridized carbons (Fsp3) is 0.333. The van der Waals surface area contributed by atoms with Crippen molar-refractivity contribution in [2.45, 2.75) is 18.1 Å². The van der Waals surface area contributed by atoms with Crippen LogP contribution in [0.5, 0.6) is 5.75 Å². The minimum absolute atomic E-state index is 0.503. The van der Waals surface area contributed by atoms with E-state index in [-0.39, 0.29) is 0 Å². The quantitative estimate of drug-likeness (QED) is 0.589. The average molecular weight is 264 g/mol. The standard InChI is InChI=1S/C12H16N4OS/c13-8-10-4-1-2-5-11(10)17-6-3-7-18-12-14-9-15-16-12/h1-2,4-5,9H,3,6-8,13H2,(H,14,15,16). The number of nitrogens with one attached hydrogen (secondary N) is 1. The van der Waals surface area contributed by atoms with Crippen molar-refractivity contribution < 1.29 is 4.74 Å². The predicted octanol–water partition coefficient (Wildman–Crippen LogP) is 1.82. The maximum Gasteiger partial charge on any atom is 0.183 e. The number of aromatic nitrogens is 3. The number of nitrogens with zero attached hydrogens (tertiary/aromatic N) is 2. The maximum atomic E-state index is 5.71. The zero-order valence-corrected chi connectivity index (χ0v) is 10.8. The van der Waals surface area contributed by atoms with Crippen molar-refractivity contribution in [3.05, 3.63) is 36.2 Å². The van der Waals surface area contributed by atoms with E-state index in [1.54, 1.807) is 11.8 Å². The SMILES string of the molecule is NCc1ccccc1OCCCSc1ncn[nH]1. The molecule has 0 aliphatic carbocycles. The van der Waals surface area contributed by atoms with Crippen molar-refractivity contribution in [1.29, 1.82) is 0 Å². The van der Waals surface area contributed by atoms with Crippen LogP contribution in [0.1, 0.15) is 12.0 Å². The summed E-state index contributed by atoms with van der Waals surface area (Å²) in [6, 6.07) is 7.86. The number of rotatable bonds is 7. The third-order valence-electron chi connectivity index (χ3n) is 2.37. The summed E-state index contributed by atoms with van der Waals surface area (Å²) < 4.78 is 5.71. The number of ether oxygens (including phenoxy) is 1. The van der Waals surface area contributed by atoms with Crippen molar-refractivity contribution in [2.24, 2.45) is 5.73 Å². The third kappa shape index (κ3) is 3.75. The van der Waals surface area contributed by atoms with Crippen LogP contribution in [0.4, 0.5) is 0 Å². The number of hydrogen-bond acceptors (Lipinski definition) is 5. The van der Waals surface area contributed by atoms with E-state index in [4.69, 9.17) is 10.5 Å². The molecule has 0 fully saturated rings. The van der Waals surface area contributed by atoms with Gasteiger partial charge < -0.3 is 10.5 Å². The highest BCUT2D eigenvalue weighted by Crippen LogP contribution is 2.18. The molecule has 0 aliphatic heterocycles. The van der Waals surface area contributed by atoms with Crippen molar-refractivity contribution in [3.8, 4) is 5.75 Å². The number of H-pyrrole nitrogens is 1. The minimum Gasteiger partial charge on any atom is -0.493 e. The molecule has 0 unspecified atom stereocenters. The van der Waals surface area contributed by atoms with Gasteiger partial charge >= 0.3 is 0 Å². The molecule has 0 aliphatic rings. The smallest absolute Gasteiger partial charge is 0.183 e. The highest BCUT2D eigenvalue weighted by atomic mass is 32.2. The van der Waals surface area contributed by atoms with E-state index in [1.807, 2.05) is 24.3 Å². The van der Waals surface area contributed by atoms with Crippen LogP contribution < -0.4 is 10.5 Å². The lowest BCUT2D eigenvalue weighted by Gasteiger charge is -2.09. The molecule has 0 atom stereocenters. The van der Waals surface area contributed by atoms with Crippen molar-refractivity contribution in [1.82, 2.24) is 15.2 Å². The molecule has 0 saturated carbocycles. The highest BCUT2D eigenvalue weighted by molar-refractivity contribution is 7.99. The van der Waals surface area contributed by atoms with Crippen LogP contribution in [0.3, 0.4) is 0 Å². The molecular formula is C12H16N4OS. The van der Waals surface area contributed by atoms with Crippen molar-refractivity contribution in [2.75, 3.05) is 12.4 Å². The van der Waals surface area contributed by atoms with Crippen molar-refractivity contribution in [3.63, 3.8) is 0 Å². The number of para-hydroxylation sites is 1. The van der Waals surface area contributed by atoms with Gasteiger partial charge in [-0.1, -0.05) is 30.0 Å². The maximum absolute atomic E-state index is 5.71. The fourth-order valence-electron chi connectivity index (χ4n) is 1.49. The Balaban J connectivity index is 1.69. The summed E-state index contributed by atoms with van der Waals surface area (Å²) in [7, 11) is 0. The molecule has 1 heterocycles. The van der Waals surface area contributed by atoms with Gasteiger partial charge in [0.15, 0.2) is 5.16 Å². The molecule has 2 aromatic rings. The number of hydrogen-bond donors (Lipinski definition) is 2. The Kier molecular flexibility index (Phi) is 5.04. The Morgan fingerprint density at radius 1 is 1.33 bits per heavy atom. The molecule has 3 N–H and O–H groups in total. The Bertz CT molecular complexity index is 461. The second-order valence-corrected chi connectivity index (χ2v) is 4.74. The Hall–Kier alpha value is -1.53. The van der Waals surface area contributed by atoms with Crippen LogP contribution in [0.15, 0.2) is 35.7 Å². The van der Waals surface area contributed by atoms with Crippen LogP contribution in [0, 0.1) is 0 Å². The molecular weight excluding hydrogens is 248 g/mol. The Morgan fingerprint density at radius 3 is 3.00 bits per heavy atom. The summed E-state index contributed by atoms with van der Waals surface area (Å²) in [6.45, 7) is 1.18. The lowest BCUT2D eigenvalue weighted by molar-refractivity contribution is 0.315. The van der Waals surface area contributed by atoms with Gasteiger partial charge in [-0.25, -0.2) is 4.98 Å². The summed E-state index contributed by atoms with van der Waals surface area (Å²) >= 11 is 1.64. The van der Waals surface area contributed by atoms with E-state index in [9.17, 15) is 0 Å². The fourth-order valence-corrected chi connectivity index (χ4v) is 2.18. The number of thioether (sulfide) groups is 1. The number of aromatic amines is 1. The summed E-state index contributed by atoms with van der Waals surface area (Å²) in [5.74, 6) is 1.82. The summed E-state index contributed by atoms with van der Waals surface area (Å²) in [6.07, 6.45) is 2.46. The normalized spacial score (nSPS) is 10.5. The monoisotopic (exact) mass is 264 g/mol. The van der Waals surface area contributed by atoms with Gasteiger partial charge in [0.25, 0.3) is 0 Å². The van der Waals surface area contributed by atoms with Crippen LogP contribution in [0.2, 0.25) is 0 Å². The molecule has 5 nitrogen and oxygen atoms in total.